The zero-order valence-electron chi connectivity index (χ0n) is 19.5. The number of fused-ring (bicyclic) bond motifs is 1. The predicted molar refractivity (Wildman–Crippen MR) is 147 cm³/mol. The van der Waals surface area contributed by atoms with Crippen molar-refractivity contribution in [1.82, 2.24) is 9.97 Å². The molecule has 34 heavy (non-hydrogen) atoms. The molecule has 0 unspecified atom stereocenters. The van der Waals surface area contributed by atoms with Gasteiger partial charge in [0.15, 0.2) is 5.75 Å². The Bertz CT molecular complexity index is 1330. The van der Waals surface area contributed by atoms with E-state index < -0.39 is 0 Å². The van der Waals surface area contributed by atoms with E-state index in [9.17, 15) is 0 Å². The lowest BCUT2D eigenvalue weighted by molar-refractivity contribution is 0.421. The number of nitrogens with one attached hydrogen (secondary N) is 1. The Kier molecular flexibility index (Phi) is 7.48. The van der Waals surface area contributed by atoms with Crippen LogP contribution in [0.1, 0.15) is 17.0 Å². The van der Waals surface area contributed by atoms with Crippen molar-refractivity contribution in [2.75, 3.05) is 35.0 Å². The average Bonchev–Trinajstić information content (AvgIpc) is 2.85. The molecule has 0 bridgehead atoms. The monoisotopic (exact) mass is 563 g/mol. The van der Waals surface area contributed by atoms with E-state index in [4.69, 9.17) is 15.0 Å². The van der Waals surface area contributed by atoms with E-state index in [1.165, 1.54) is 5.69 Å². The molecule has 2 aromatic carbocycles. The van der Waals surface area contributed by atoms with Gasteiger partial charge < -0.3 is 15.0 Å². The number of pyridine rings is 2. The Morgan fingerprint density at radius 2 is 1.82 bits per heavy atom. The molecule has 6 nitrogen and oxygen atoms in total. The zero-order valence-corrected chi connectivity index (χ0v) is 21.6. The van der Waals surface area contributed by atoms with E-state index in [2.05, 4.69) is 56.0 Å². The van der Waals surface area contributed by atoms with Crippen molar-refractivity contribution in [3.8, 4) is 22.9 Å². The second-order valence-corrected chi connectivity index (χ2v) is 8.70. The van der Waals surface area contributed by atoms with Crippen molar-refractivity contribution in [2.24, 2.45) is 0 Å². The number of rotatable bonds is 8. The molecule has 4 rings (SSSR count). The Morgan fingerprint density at radius 1 is 1.09 bits per heavy atom. The summed E-state index contributed by atoms with van der Waals surface area (Å²) in [7, 11) is 1.69. The van der Waals surface area contributed by atoms with E-state index in [0.29, 0.717) is 5.56 Å². The van der Waals surface area contributed by atoms with Crippen LogP contribution in [-0.2, 0) is 0 Å². The fraction of sp³-hybridized carbons (Fsp3) is 0.222. The third-order valence-corrected chi connectivity index (χ3v) is 6.47. The van der Waals surface area contributed by atoms with Crippen LogP contribution in [0.5, 0.6) is 5.75 Å². The Labute approximate surface area is 213 Å². The number of hydrogen-bond donors (Lipinski definition) is 1. The van der Waals surface area contributed by atoms with Gasteiger partial charge in [0, 0.05) is 41.1 Å². The van der Waals surface area contributed by atoms with Gasteiger partial charge in [0.25, 0.3) is 0 Å². The number of ether oxygens (including phenoxy) is 1. The first kappa shape index (κ1) is 23.8. The van der Waals surface area contributed by atoms with Crippen molar-refractivity contribution < 1.29 is 4.74 Å². The lowest BCUT2D eigenvalue weighted by Gasteiger charge is -2.24. The van der Waals surface area contributed by atoms with Crippen molar-refractivity contribution in [1.29, 1.82) is 5.26 Å². The third-order valence-electron chi connectivity index (χ3n) is 5.65. The van der Waals surface area contributed by atoms with Gasteiger partial charge in [-0.15, -0.1) is 0 Å². The summed E-state index contributed by atoms with van der Waals surface area (Å²) in [6.07, 6.45) is 1.84. The van der Waals surface area contributed by atoms with Gasteiger partial charge in [0.05, 0.1) is 40.7 Å². The van der Waals surface area contributed by atoms with Crippen molar-refractivity contribution >= 4 is 44.9 Å². The second kappa shape index (κ2) is 10.7. The maximum absolute atomic E-state index is 9.09. The fourth-order valence-electron chi connectivity index (χ4n) is 4.08. The van der Waals surface area contributed by atoms with Gasteiger partial charge in [-0.1, -0.05) is 46.9 Å². The highest BCUT2D eigenvalue weighted by atomic mass is 127. The molecule has 172 valence electrons. The molecule has 0 fully saturated rings. The molecule has 2 aromatic heterocycles. The van der Waals surface area contributed by atoms with Gasteiger partial charge in [-0.05, 0) is 49.7 Å². The first-order valence-electron chi connectivity index (χ1n) is 11.0. The van der Waals surface area contributed by atoms with Gasteiger partial charge in [0.1, 0.15) is 0 Å². The van der Waals surface area contributed by atoms with Gasteiger partial charge in [-0.25, -0.2) is 0 Å². The summed E-state index contributed by atoms with van der Waals surface area (Å²) in [5, 5.41) is 13.5. The number of anilines is 2. The fourth-order valence-corrected chi connectivity index (χ4v) is 4.82. The summed E-state index contributed by atoms with van der Waals surface area (Å²) in [5.74, 6) is 0.775. The number of aryl methyl sites for hydroxylation is 2. The Hall–Kier alpha value is -3.38. The molecule has 0 aliphatic carbocycles. The third kappa shape index (κ3) is 5.07. The maximum atomic E-state index is 9.09. The van der Waals surface area contributed by atoms with Crippen LogP contribution in [0.3, 0.4) is 0 Å². The predicted octanol–water partition coefficient (Wildman–Crippen LogP) is 6.10. The minimum absolute atomic E-state index is 0.638. The summed E-state index contributed by atoms with van der Waals surface area (Å²) in [5.41, 5.74) is 7.61. The summed E-state index contributed by atoms with van der Waals surface area (Å²) >= 11 is 2.39. The Balaban J connectivity index is 1.58. The second-order valence-electron chi connectivity index (χ2n) is 8.01. The quantitative estimate of drug-likeness (QED) is 0.159. The molecule has 0 amide bonds. The highest BCUT2D eigenvalue weighted by molar-refractivity contribution is 14.1. The number of nitrogens with zero attached hydrogens (tertiary/aromatic N) is 4. The summed E-state index contributed by atoms with van der Waals surface area (Å²) in [6.45, 7) is 5.62. The lowest BCUT2D eigenvalue weighted by Crippen LogP contribution is -2.28. The smallest absolute Gasteiger partial charge is 0.152 e. The van der Waals surface area contributed by atoms with E-state index in [0.717, 1.165) is 62.5 Å². The molecule has 2 heterocycles. The average molecular weight is 563 g/mol. The number of nitriles is 1. The molecule has 0 radical (unpaired) electrons. The van der Waals surface area contributed by atoms with Crippen molar-refractivity contribution in [3.05, 3.63) is 77.7 Å². The molecular weight excluding hydrogens is 537 g/mol. The first-order chi connectivity index (χ1) is 16.5. The zero-order chi connectivity index (χ0) is 24.1. The summed E-state index contributed by atoms with van der Waals surface area (Å²) < 4.78 is 6.70. The molecule has 0 spiro atoms. The molecule has 0 aliphatic heterocycles. The summed E-state index contributed by atoms with van der Waals surface area (Å²) in [6, 6.07) is 20.0. The topological polar surface area (TPSA) is 74.1 Å². The molecule has 1 N–H and O–H groups in total. The molecule has 4 aromatic rings. The normalized spacial score (nSPS) is 10.7. The highest BCUT2D eigenvalue weighted by Gasteiger charge is 2.14. The number of halogens is 1. The molecule has 0 aliphatic rings. The number of para-hydroxylation sites is 1. The minimum atomic E-state index is 0.638. The van der Waals surface area contributed by atoms with Gasteiger partial charge >= 0.3 is 0 Å². The van der Waals surface area contributed by atoms with E-state index in [-0.39, 0.29) is 0 Å². The molecular formula is C27H26IN5O. The lowest BCUT2D eigenvalue weighted by atomic mass is 10.0. The van der Waals surface area contributed by atoms with Gasteiger partial charge in [0.2, 0.25) is 0 Å². The first-order valence-corrected chi connectivity index (χ1v) is 12.5. The van der Waals surface area contributed by atoms with Crippen LogP contribution in [0.4, 0.5) is 11.4 Å². The van der Waals surface area contributed by atoms with Crippen LogP contribution in [-0.4, -0.2) is 34.7 Å². The van der Waals surface area contributed by atoms with Crippen LogP contribution >= 0.6 is 22.6 Å². The number of alkyl halides is 1. The molecule has 0 saturated heterocycles. The summed E-state index contributed by atoms with van der Waals surface area (Å²) in [4.78, 5) is 11.6. The molecule has 7 heteroatoms. The number of methoxy groups -OCH3 is 1. The number of hydrogen-bond acceptors (Lipinski definition) is 6. The van der Waals surface area contributed by atoms with Crippen LogP contribution in [0.2, 0.25) is 0 Å². The van der Waals surface area contributed by atoms with Gasteiger partial charge in [-0.3, -0.25) is 9.97 Å². The van der Waals surface area contributed by atoms with E-state index in [1.54, 1.807) is 7.11 Å². The van der Waals surface area contributed by atoms with E-state index in [1.807, 2.05) is 62.5 Å². The van der Waals surface area contributed by atoms with Crippen LogP contribution in [0.25, 0.3) is 22.0 Å². The molecule has 0 atom stereocenters. The standard InChI is InChI=1S/C27H26IN5O/c1-18-13-22(14-19(2)32-18)33(17-28)12-11-30-25-16-31-26-23(5-4-6-24(26)27(25)34-3)21-9-7-20(15-29)8-10-21/h4-10,13-14,16,30H,11-12,17H2,1-3H3. The van der Waals surface area contributed by atoms with Gasteiger partial charge in [-0.2, -0.15) is 5.26 Å². The maximum Gasteiger partial charge on any atom is 0.152 e. The molecule has 0 saturated carbocycles. The van der Waals surface area contributed by atoms with Crippen LogP contribution in [0.15, 0.2) is 60.8 Å². The number of benzene rings is 2. The highest BCUT2D eigenvalue weighted by Crippen LogP contribution is 2.36. The minimum Gasteiger partial charge on any atom is -0.494 e. The van der Waals surface area contributed by atoms with Crippen molar-refractivity contribution in [2.45, 2.75) is 13.8 Å². The van der Waals surface area contributed by atoms with Crippen LogP contribution < -0.4 is 15.0 Å². The van der Waals surface area contributed by atoms with E-state index >= 15 is 0 Å². The Morgan fingerprint density at radius 3 is 2.47 bits per heavy atom. The van der Waals surface area contributed by atoms with Crippen LogP contribution in [0, 0.1) is 25.2 Å². The largest absolute Gasteiger partial charge is 0.494 e. The number of aromatic nitrogens is 2. The SMILES string of the molecule is COc1c(NCCN(CI)c2cc(C)nc(C)c2)cnc2c(-c3ccc(C#N)cc3)cccc12. The van der Waals surface area contributed by atoms with Crippen molar-refractivity contribution in [3.63, 3.8) is 0 Å².